The van der Waals surface area contributed by atoms with Gasteiger partial charge < -0.3 is 10.0 Å². The smallest absolute Gasteiger partial charge is 0.358 e. The second kappa shape index (κ2) is 5.31. The Morgan fingerprint density at radius 3 is 2.62 bits per heavy atom. The number of halogens is 1. The summed E-state index contributed by atoms with van der Waals surface area (Å²) in [5, 5.41) is 17.0. The molecule has 124 valence electrons. The lowest BCUT2D eigenvalue weighted by molar-refractivity contribution is -0.140. The maximum Gasteiger partial charge on any atom is 0.358 e. The molecule has 0 unspecified atom stereocenters. The predicted octanol–water partition coefficient (Wildman–Crippen LogP) is 1.74. The van der Waals surface area contributed by atoms with Crippen LogP contribution in [0.4, 0.5) is 0 Å². The van der Waals surface area contributed by atoms with E-state index >= 15 is 0 Å². The van der Waals surface area contributed by atoms with Crippen LogP contribution in [-0.2, 0) is 10.2 Å². The quantitative estimate of drug-likeness (QED) is 0.911. The summed E-state index contributed by atoms with van der Waals surface area (Å²) in [6.07, 6.45) is 3.07. The first kappa shape index (κ1) is 15.1. The summed E-state index contributed by atoms with van der Waals surface area (Å²) < 4.78 is 1.52. The molecular weight excluding hydrogens is 332 g/mol. The Morgan fingerprint density at radius 2 is 2.04 bits per heavy atom. The summed E-state index contributed by atoms with van der Waals surface area (Å²) in [5.41, 5.74) is 0.444. The van der Waals surface area contributed by atoms with Crippen LogP contribution in [0.25, 0.3) is 0 Å². The van der Waals surface area contributed by atoms with Crippen LogP contribution >= 0.6 is 11.6 Å². The van der Waals surface area contributed by atoms with Crippen molar-refractivity contribution in [3.63, 3.8) is 0 Å². The Morgan fingerprint density at radius 1 is 1.29 bits per heavy atom. The van der Waals surface area contributed by atoms with E-state index in [1.807, 2.05) is 18.2 Å². The highest BCUT2D eigenvalue weighted by atomic mass is 35.5. The maximum absolute atomic E-state index is 12.9. The molecule has 1 aromatic heterocycles. The van der Waals surface area contributed by atoms with Crippen molar-refractivity contribution in [2.45, 2.75) is 24.3 Å². The number of carbonyl (C=O) groups excluding carboxylic acids is 1. The van der Waals surface area contributed by atoms with E-state index in [4.69, 9.17) is 16.7 Å². The third kappa shape index (κ3) is 2.36. The summed E-state index contributed by atoms with van der Waals surface area (Å²) in [5.74, 6) is -0.994. The van der Waals surface area contributed by atoms with Gasteiger partial charge in [-0.25, -0.2) is 9.48 Å². The number of aromatic nitrogens is 3. The van der Waals surface area contributed by atoms with Gasteiger partial charge in [0.15, 0.2) is 5.69 Å². The van der Waals surface area contributed by atoms with E-state index in [1.54, 1.807) is 11.0 Å². The van der Waals surface area contributed by atoms with Gasteiger partial charge in [-0.15, -0.1) is 5.10 Å². The third-order valence-corrected chi connectivity index (χ3v) is 5.02. The van der Waals surface area contributed by atoms with E-state index in [-0.39, 0.29) is 17.6 Å². The number of amides is 1. The van der Waals surface area contributed by atoms with Gasteiger partial charge in [0.2, 0.25) is 5.91 Å². The lowest BCUT2D eigenvalue weighted by atomic mass is 9.92. The fourth-order valence-corrected chi connectivity index (χ4v) is 3.37. The van der Waals surface area contributed by atoms with Crippen molar-refractivity contribution in [3.8, 4) is 0 Å². The second-order valence-corrected chi connectivity index (χ2v) is 6.78. The normalized spacial score (nSPS) is 19.0. The van der Waals surface area contributed by atoms with Gasteiger partial charge in [-0.3, -0.25) is 4.79 Å². The number of benzene rings is 1. The Labute approximate surface area is 142 Å². The first-order valence-corrected chi connectivity index (χ1v) is 8.08. The van der Waals surface area contributed by atoms with Gasteiger partial charge in [0.05, 0.1) is 17.7 Å². The van der Waals surface area contributed by atoms with Crippen LogP contribution in [0.15, 0.2) is 30.5 Å². The molecule has 1 amide bonds. The molecule has 0 bridgehead atoms. The molecule has 2 aromatic rings. The number of hydrogen-bond donors (Lipinski definition) is 1. The van der Waals surface area contributed by atoms with Crippen LogP contribution in [0.1, 0.15) is 34.9 Å². The average Bonchev–Trinajstić information content (AvgIpc) is 3.18. The molecule has 2 aliphatic rings. The molecule has 2 fully saturated rings. The summed E-state index contributed by atoms with van der Waals surface area (Å²) >= 11 is 6.05. The number of likely N-dealkylation sites (tertiary alicyclic amines) is 1. The van der Waals surface area contributed by atoms with Gasteiger partial charge in [0.1, 0.15) is 0 Å². The van der Waals surface area contributed by atoms with Crippen molar-refractivity contribution >= 4 is 23.5 Å². The lowest BCUT2D eigenvalue weighted by Gasteiger charge is -2.41. The van der Waals surface area contributed by atoms with Crippen molar-refractivity contribution < 1.29 is 14.7 Å². The third-order valence-electron chi connectivity index (χ3n) is 4.79. The molecule has 4 rings (SSSR count). The molecule has 2 heterocycles. The summed E-state index contributed by atoms with van der Waals surface area (Å²) in [6, 6.07) is 7.46. The van der Waals surface area contributed by atoms with Crippen LogP contribution in [-0.4, -0.2) is 50.0 Å². The largest absolute Gasteiger partial charge is 0.476 e. The van der Waals surface area contributed by atoms with E-state index in [1.165, 1.54) is 10.9 Å². The minimum absolute atomic E-state index is 0.0234. The number of carboxylic acid groups (broad SMARTS) is 1. The molecule has 1 saturated carbocycles. The van der Waals surface area contributed by atoms with Crippen LogP contribution in [0, 0.1) is 0 Å². The minimum atomic E-state index is -1.11. The second-order valence-electron chi connectivity index (χ2n) is 6.35. The van der Waals surface area contributed by atoms with Crippen LogP contribution in [0.3, 0.4) is 0 Å². The van der Waals surface area contributed by atoms with Crippen molar-refractivity contribution in [2.75, 3.05) is 13.1 Å². The van der Waals surface area contributed by atoms with Gasteiger partial charge >= 0.3 is 5.97 Å². The highest BCUT2D eigenvalue weighted by Crippen LogP contribution is 2.51. The van der Waals surface area contributed by atoms with E-state index in [0.29, 0.717) is 18.1 Å². The fraction of sp³-hybridized carbons (Fsp3) is 0.375. The van der Waals surface area contributed by atoms with Crippen LogP contribution in [0.5, 0.6) is 0 Å². The summed E-state index contributed by atoms with van der Waals surface area (Å²) in [6.45, 7) is 1.03. The first-order valence-electron chi connectivity index (χ1n) is 7.70. The van der Waals surface area contributed by atoms with Gasteiger partial charge in [-0.2, -0.15) is 0 Å². The fourth-order valence-electron chi connectivity index (χ4n) is 3.18. The van der Waals surface area contributed by atoms with Crippen molar-refractivity contribution in [1.82, 2.24) is 19.9 Å². The van der Waals surface area contributed by atoms with Gasteiger partial charge in [0, 0.05) is 18.1 Å². The van der Waals surface area contributed by atoms with Crippen molar-refractivity contribution in [3.05, 3.63) is 46.7 Å². The maximum atomic E-state index is 12.9. The number of hydrogen-bond acceptors (Lipinski definition) is 4. The monoisotopic (exact) mass is 346 g/mol. The zero-order chi connectivity index (χ0) is 16.9. The molecule has 1 aliphatic heterocycles. The standard InChI is InChI=1S/C16H15ClN4O3/c17-11-3-1-2-10(6-11)16(4-5-16)15(24)20-7-12(8-20)21-9-13(14(22)23)18-19-21/h1-3,6,9,12H,4-5,7-8H2,(H,22,23). The first-order chi connectivity index (χ1) is 11.5. The summed E-state index contributed by atoms with van der Waals surface area (Å²) in [7, 11) is 0. The molecular formula is C16H15ClN4O3. The SMILES string of the molecule is O=C(O)c1cn(C2CN(C(=O)C3(c4cccc(Cl)c4)CC3)C2)nn1. The van der Waals surface area contributed by atoms with Gasteiger partial charge in [0.25, 0.3) is 0 Å². The Kier molecular flexibility index (Phi) is 3.35. The Bertz CT molecular complexity index is 824. The molecule has 7 nitrogen and oxygen atoms in total. The minimum Gasteiger partial charge on any atom is -0.476 e. The molecule has 1 aromatic carbocycles. The molecule has 0 radical (unpaired) electrons. The lowest BCUT2D eigenvalue weighted by Crippen LogP contribution is -2.54. The molecule has 1 N–H and O–H groups in total. The predicted molar refractivity (Wildman–Crippen MR) is 85.0 cm³/mol. The zero-order valence-corrected chi connectivity index (χ0v) is 13.5. The zero-order valence-electron chi connectivity index (χ0n) is 12.7. The molecule has 0 spiro atoms. The van der Waals surface area contributed by atoms with Crippen molar-refractivity contribution in [2.24, 2.45) is 0 Å². The Hall–Kier alpha value is -2.41. The average molecular weight is 347 g/mol. The van der Waals surface area contributed by atoms with Gasteiger partial charge in [-0.1, -0.05) is 28.9 Å². The summed E-state index contributed by atoms with van der Waals surface area (Å²) in [4.78, 5) is 25.5. The topological polar surface area (TPSA) is 88.3 Å². The van der Waals surface area contributed by atoms with E-state index in [2.05, 4.69) is 10.3 Å². The van der Waals surface area contributed by atoms with E-state index in [0.717, 1.165) is 18.4 Å². The van der Waals surface area contributed by atoms with E-state index in [9.17, 15) is 9.59 Å². The van der Waals surface area contributed by atoms with Crippen molar-refractivity contribution in [1.29, 1.82) is 0 Å². The van der Waals surface area contributed by atoms with E-state index < -0.39 is 11.4 Å². The number of carbonyl (C=O) groups is 2. The molecule has 1 saturated heterocycles. The highest BCUT2D eigenvalue weighted by Gasteiger charge is 2.55. The molecule has 1 aliphatic carbocycles. The van der Waals surface area contributed by atoms with Crippen LogP contribution < -0.4 is 0 Å². The molecule has 0 atom stereocenters. The number of aromatic carboxylic acids is 1. The Balaban J connectivity index is 1.45. The molecule has 8 heteroatoms. The van der Waals surface area contributed by atoms with Gasteiger partial charge in [-0.05, 0) is 30.5 Å². The number of nitrogens with zero attached hydrogens (tertiary/aromatic N) is 4. The molecule has 24 heavy (non-hydrogen) atoms. The highest BCUT2D eigenvalue weighted by molar-refractivity contribution is 6.30. The number of rotatable bonds is 4. The number of carboxylic acids is 1. The van der Waals surface area contributed by atoms with Crippen LogP contribution in [0.2, 0.25) is 5.02 Å².